The molecular formula is C19H22ClN3O. The molecule has 0 saturated carbocycles. The zero-order valence-electron chi connectivity index (χ0n) is 14.1. The quantitative estimate of drug-likeness (QED) is 0.924. The van der Waals surface area contributed by atoms with Crippen molar-refractivity contribution >= 4 is 28.9 Å². The van der Waals surface area contributed by atoms with Crippen molar-refractivity contribution in [2.75, 3.05) is 43.4 Å². The number of halogens is 1. The third kappa shape index (κ3) is 3.71. The van der Waals surface area contributed by atoms with Crippen molar-refractivity contribution in [3.8, 4) is 0 Å². The van der Waals surface area contributed by atoms with Crippen LogP contribution in [0.15, 0.2) is 42.5 Å². The second kappa shape index (κ2) is 7.24. The Morgan fingerprint density at radius 2 is 1.79 bits per heavy atom. The number of nitrogens with zero attached hydrogens (tertiary/aromatic N) is 2. The van der Waals surface area contributed by atoms with E-state index in [9.17, 15) is 4.79 Å². The van der Waals surface area contributed by atoms with Gasteiger partial charge in [-0.05, 0) is 49.9 Å². The van der Waals surface area contributed by atoms with E-state index in [-0.39, 0.29) is 5.91 Å². The lowest BCUT2D eigenvalue weighted by molar-refractivity contribution is 0.102. The van der Waals surface area contributed by atoms with E-state index in [1.54, 1.807) is 12.1 Å². The van der Waals surface area contributed by atoms with Gasteiger partial charge in [0.25, 0.3) is 5.91 Å². The van der Waals surface area contributed by atoms with Gasteiger partial charge in [-0.15, -0.1) is 0 Å². The van der Waals surface area contributed by atoms with E-state index in [1.807, 2.05) is 25.1 Å². The fourth-order valence-electron chi connectivity index (χ4n) is 2.88. The van der Waals surface area contributed by atoms with Gasteiger partial charge in [-0.25, -0.2) is 0 Å². The van der Waals surface area contributed by atoms with Crippen molar-refractivity contribution in [2.45, 2.75) is 6.92 Å². The largest absolute Gasteiger partial charge is 0.369 e. The van der Waals surface area contributed by atoms with Crippen LogP contribution in [-0.2, 0) is 0 Å². The Kier molecular flexibility index (Phi) is 5.07. The average molecular weight is 344 g/mol. The van der Waals surface area contributed by atoms with Gasteiger partial charge in [0, 0.05) is 37.6 Å². The van der Waals surface area contributed by atoms with E-state index in [1.165, 1.54) is 5.69 Å². The first-order valence-corrected chi connectivity index (χ1v) is 8.52. The molecule has 0 aromatic heterocycles. The van der Waals surface area contributed by atoms with Gasteiger partial charge in [0.05, 0.1) is 10.6 Å². The molecule has 126 valence electrons. The number of hydrogen-bond acceptors (Lipinski definition) is 3. The topological polar surface area (TPSA) is 35.6 Å². The third-order valence-corrected chi connectivity index (χ3v) is 4.77. The number of carbonyl (C=O) groups excluding carboxylic acids is 1. The summed E-state index contributed by atoms with van der Waals surface area (Å²) >= 11 is 6.09. The van der Waals surface area contributed by atoms with E-state index in [2.05, 4.69) is 34.3 Å². The first-order valence-electron chi connectivity index (χ1n) is 8.14. The molecule has 1 aliphatic rings. The highest BCUT2D eigenvalue weighted by molar-refractivity contribution is 6.34. The molecule has 24 heavy (non-hydrogen) atoms. The Morgan fingerprint density at radius 3 is 2.46 bits per heavy atom. The van der Waals surface area contributed by atoms with Crippen molar-refractivity contribution in [2.24, 2.45) is 0 Å². The number of nitrogens with one attached hydrogen (secondary N) is 1. The monoisotopic (exact) mass is 343 g/mol. The Morgan fingerprint density at radius 1 is 1.08 bits per heavy atom. The predicted octanol–water partition coefficient (Wildman–Crippen LogP) is 3.65. The van der Waals surface area contributed by atoms with Crippen LogP contribution in [0, 0.1) is 6.92 Å². The number of piperazine rings is 1. The third-order valence-electron chi connectivity index (χ3n) is 4.45. The molecule has 2 aromatic carbocycles. The smallest absolute Gasteiger partial charge is 0.257 e. The molecule has 0 bridgehead atoms. The number of hydrogen-bond donors (Lipinski definition) is 1. The van der Waals surface area contributed by atoms with Gasteiger partial charge in [-0.2, -0.15) is 0 Å². The molecule has 0 radical (unpaired) electrons. The summed E-state index contributed by atoms with van der Waals surface area (Å²) < 4.78 is 0. The van der Waals surface area contributed by atoms with Gasteiger partial charge in [0.15, 0.2) is 0 Å². The molecule has 4 nitrogen and oxygen atoms in total. The second-order valence-corrected chi connectivity index (χ2v) is 6.63. The standard InChI is InChI=1S/C19H22ClN3O/c1-14-13-15(23-11-9-22(2)10-12-23)7-8-18(14)21-19(24)16-5-3-4-6-17(16)20/h3-8,13H,9-12H2,1-2H3,(H,21,24). The highest BCUT2D eigenvalue weighted by atomic mass is 35.5. The Hall–Kier alpha value is -2.04. The summed E-state index contributed by atoms with van der Waals surface area (Å²) in [6, 6.07) is 13.2. The van der Waals surface area contributed by atoms with Gasteiger partial charge in [-0.1, -0.05) is 23.7 Å². The first kappa shape index (κ1) is 16.8. The van der Waals surface area contributed by atoms with E-state index in [0.29, 0.717) is 10.6 Å². The van der Waals surface area contributed by atoms with E-state index >= 15 is 0 Å². The van der Waals surface area contributed by atoms with Crippen molar-refractivity contribution in [3.05, 3.63) is 58.6 Å². The molecular weight excluding hydrogens is 322 g/mol. The van der Waals surface area contributed by atoms with Crippen molar-refractivity contribution in [1.82, 2.24) is 4.90 Å². The summed E-state index contributed by atoms with van der Waals surface area (Å²) in [5.74, 6) is -0.184. The maximum atomic E-state index is 12.4. The van der Waals surface area contributed by atoms with Gasteiger partial charge < -0.3 is 15.1 Å². The van der Waals surface area contributed by atoms with Crippen molar-refractivity contribution in [3.63, 3.8) is 0 Å². The summed E-state index contributed by atoms with van der Waals surface area (Å²) in [5, 5.41) is 3.41. The number of aryl methyl sites for hydroxylation is 1. The molecule has 3 rings (SSSR count). The lowest BCUT2D eigenvalue weighted by Crippen LogP contribution is -2.44. The molecule has 0 aliphatic carbocycles. The number of rotatable bonds is 3. The summed E-state index contributed by atoms with van der Waals surface area (Å²) in [6.45, 7) is 6.22. The van der Waals surface area contributed by atoms with E-state index in [0.717, 1.165) is 37.4 Å². The van der Waals surface area contributed by atoms with Crippen LogP contribution in [0.4, 0.5) is 11.4 Å². The molecule has 0 spiro atoms. The minimum Gasteiger partial charge on any atom is -0.369 e. The number of carbonyl (C=O) groups is 1. The number of benzene rings is 2. The molecule has 2 aromatic rings. The second-order valence-electron chi connectivity index (χ2n) is 6.22. The lowest BCUT2D eigenvalue weighted by atomic mass is 10.1. The minimum atomic E-state index is -0.184. The van der Waals surface area contributed by atoms with Crippen LogP contribution in [0.1, 0.15) is 15.9 Å². The van der Waals surface area contributed by atoms with Crippen LogP contribution in [-0.4, -0.2) is 44.0 Å². The van der Waals surface area contributed by atoms with Crippen LogP contribution < -0.4 is 10.2 Å². The lowest BCUT2D eigenvalue weighted by Gasteiger charge is -2.34. The van der Waals surface area contributed by atoms with Gasteiger partial charge in [-0.3, -0.25) is 4.79 Å². The fraction of sp³-hybridized carbons (Fsp3) is 0.316. The molecule has 0 atom stereocenters. The zero-order valence-corrected chi connectivity index (χ0v) is 14.8. The minimum absolute atomic E-state index is 0.184. The Labute approximate surface area is 148 Å². The number of likely N-dealkylation sites (N-methyl/N-ethyl adjacent to an activating group) is 1. The number of anilines is 2. The highest BCUT2D eigenvalue weighted by Gasteiger charge is 2.16. The van der Waals surface area contributed by atoms with E-state index in [4.69, 9.17) is 11.6 Å². The van der Waals surface area contributed by atoms with Crippen LogP contribution >= 0.6 is 11.6 Å². The van der Waals surface area contributed by atoms with Gasteiger partial charge in [0.2, 0.25) is 0 Å². The van der Waals surface area contributed by atoms with Gasteiger partial charge >= 0.3 is 0 Å². The SMILES string of the molecule is Cc1cc(N2CCN(C)CC2)ccc1NC(=O)c1ccccc1Cl. The molecule has 1 aliphatic heterocycles. The Bertz CT molecular complexity index is 739. The molecule has 1 fully saturated rings. The molecule has 1 N–H and O–H groups in total. The van der Waals surface area contributed by atoms with Crippen LogP contribution in [0.5, 0.6) is 0 Å². The maximum Gasteiger partial charge on any atom is 0.257 e. The van der Waals surface area contributed by atoms with Crippen LogP contribution in [0.3, 0.4) is 0 Å². The molecule has 5 heteroatoms. The summed E-state index contributed by atoms with van der Waals surface area (Å²) in [5.41, 5.74) is 3.56. The normalized spacial score (nSPS) is 15.4. The summed E-state index contributed by atoms with van der Waals surface area (Å²) in [7, 11) is 2.15. The maximum absolute atomic E-state index is 12.4. The number of amides is 1. The Balaban J connectivity index is 1.73. The van der Waals surface area contributed by atoms with Crippen molar-refractivity contribution < 1.29 is 4.79 Å². The van der Waals surface area contributed by atoms with Crippen molar-refractivity contribution in [1.29, 1.82) is 0 Å². The molecule has 0 unspecified atom stereocenters. The van der Waals surface area contributed by atoms with Crippen LogP contribution in [0.2, 0.25) is 5.02 Å². The first-order chi connectivity index (χ1) is 11.5. The van der Waals surface area contributed by atoms with E-state index < -0.39 is 0 Å². The van der Waals surface area contributed by atoms with Gasteiger partial charge in [0.1, 0.15) is 0 Å². The van der Waals surface area contributed by atoms with Crippen LogP contribution in [0.25, 0.3) is 0 Å². The zero-order chi connectivity index (χ0) is 17.1. The molecule has 1 heterocycles. The summed E-state index contributed by atoms with van der Waals surface area (Å²) in [4.78, 5) is 17.1. The average Bonchev–Trinajstić information content (AvgIpc) is 2.57. The summed E-state index contributed by atoms with van der Waals surface area (Å²) in [6.07, 6.45) is 0. The molecule has 1 saturated heterocycles. The molecule has 1 amide bonds. The highest BCUT2D eigenvalue weighted by Crippen LogP contribution is 2.25. The predicted molar refractivity (Wildman–Crippen MR) is 100 cm³/mol. The fourth-order valence-corrected chi connectivity index (χ4v) is 3.11.